The second-order valence-corrected chi connectivity index (χ2v) is 5.45. The highest BCUT2D eigenvalue weighted by Crippen LogP contribution is 2.24. The zero-order valence-electron chi connectivity index (χ0n) is 11.9. The maximum absolute atomic E-state index is 12.3. The molecule has 0 spiro atoms. The van der Waals surface area contributed by atoms with Crippen molar-refractivity contribution in [3.63, 3.8) is 0 Å². The third-order valence-corrected chi connectivity index (χ3v) is 3.58. The van der Waals surface area contributed by atoms with Crippen LogP contribution >= 0.6 is 11.6 Å². The monoisotopic (exact) mass is 307 g/mol. The minimum atomic E-state index is -0.428. The molecular formula is C16H18ClNO3. The van der Waals surface area contributed by atoms with Crippen LogP contribution in [-0.4, -0.2) is 30.3 Å². The number of ether oxygens (including phenoxy) is 1. The molecule has 21 heavy (non-hydrogen) atoms. The van der Waals surface area contributed by atoms with Gasteiger partial charge >= 0.3 is 0 Å². The number of anilines is 1. The molecule has 5 heteroatoms. The van der Waals surface area contributed by atoms with Gasteiger partial charge in [0.15, 0.2) is 0 Å². The largest absolute Gasteiger partial charge is 0.395 e. The first-order valence-corrected chi connectivity index (χ1v) is 7.31. The molecule has 0 radical (unpaired) electrons. The summed E-state index contributed by atoms with van der Waals surface area (Å²) in [6, 6.07) is 5.14. The molecule has 1 aliphatic heterocycles. The van der Waals surface area contributed by atoms with Crippen molar-refractivity contribution in [3.05, 3.63) is 28.8 Å². The zero-order chi connectivity index (χ0) is 15.2. The molecule has 112 valence electrons. The second-order valence-electron chi connectivity index (χ2n) is 5.01. The summed E-state index contributed by atoms with van der Waals surface area (Å²) in [6.45, 7) is 2.62. The Morgan fingerprint density at radius 2 is 2.38 bits per heavy atom. The fourth-order valence-electron chi connectivity index (χ4n) is 2.18. The molecule has 2 unspecified atom stereocenters. The van der Waals surface area contributed by atoms with E-state index in [2.05, 4.69) is 17.2 Å². The van der Waals surface area contributed by atoms with Gasteiger partial charge in [0.05, 0.1) is 12.3 Å². The quantitative estimate of drug-likeness (QED) is 0.843. The molecule has 2 N–H and O–H groups in total. The van der Waals surface area contributed by atoms with Gasteiger partial charge in [0, 0.05) is 23.6 Å². The normalized spacial score (nSPS) is 20.7. The Hall–Kier alpha value is -1.54. The Morgan fingerprint density at radius 3 is 3.05 bits per heavy atom. The first kappa shape index (κ1) is 15.8. The SMILES string of the molecule is CC1CCOC1C(=O)Nc1cc(Cl)ccc1C#CCCO. The van der Waals surface area contributed by atoms with Crippen LogP contribution in [0.3, 0.4) is 0 Å². The smallest absolute Gasteiger partial charge is 0.253 e. The van der Waals surface area contributed by atoms with Gasteiger partial charge in [-0.3, -0.25) is 4.79 Å². The summed E-state index contributed by atoms with van der Waals surface area (Å²) in [7, 11) is 0. The number of rotatable bonds is 3. The first-order chi connectivity index (χ1) is 10.1. The highest BCUT2D eigenvalue weighted by molar-refractivity contribution is 6.31. The number of nitrogens with one attached hydrogen (secondary N) is 1. The summed E-state index contributed by atoms with van der Waals surface area (Å²) in [5.74, 6) is 5.79. The van der Waals surface area contributed by atoms with Crippen LogP contribution in [0.1, 0.15) is 25.3 Å². The molecule has 1 aliphatic rings. The Labute approximate surface area is 129 Å². The molecule has 1 aromatic rings. The third-order valence-electron chi connectivity index (χ3n) is 3.35. The maximum Gasteiger partial charge on any atom is 0.253 e. The van der Waals surface area contributed by atoms with Crippen LogP contribution in [0.15, 0.2) is 18.2 Å². The van der Waals surface area contributed by atoms with Gasteiger partial charge in [-0.1, -0.05) is 30.4 Å². The molecule has 2 rings (SSSR count). The third kappa shape index (κ3) is 4.21. The van der Waals surface area contributed by atoms with Gasteiger partial charge in [-0.2, -0.15) is 0 Å². The standard InChI is InChI=1S/C16H18ClNO3/c1-11-7-9-21-15(11)16(20)18-14-10-13(17)6-5-12(14)4-2-3-8-19/h5-6,10-11,15,19H,3,7-9H2,1H3,(H,18,20). The van der Waals surface area contributed by atoms with Crippen molar-refractivity contribution in [1.82, 2.24) is 0 Å². The Morgan fingerprint density at radius 1 is 1.57 bits per heavy atom. The fourth-order valence-corrected chi connectivity index (χ4v) is 2.35. The van der Waals surface area contributed by atoms with Crippen LogP contribution in [0.25, 0.3) is 0 Å². The predicted octanol–water partition coefficient (Wildman–Crippen LogP) is 2.44. The van der Waals surface area contributed by atoms with Gasteiger partial charge in [0.1, 0.15) is 6.10 Å². The molecule has 0 bridgehead atoms. The number of hydrogen-bond acceptors (Lipinski definition) is 3. The number of benzene rings is 1. The molecule has 1 saturated heterocycles. The minimum Gasteiger partial charge on any atom is -0.395 e. The average Bonchev–Trinajstić information content (AvgIpc) is 2.88. The molecule has 1 heterocycles. The molecule has 1 aromatic carbocycles. The molecule has 0 saturated carbocycles. The zero-order valence-corrected chi connectivity index (χ0v) is 12.6. The lowest BCUT2D eigenvalue weighted by Gasteiger charge is -2.15. The highest BCUT2D eigenvalue weighted by atomic mass is 35.5. The molecule has 1 amide bonds. The van der Waals surface area contributed by atoms with E-state index in [0.717, 1.165) is 6.42 Å². The fraction of sp³-hybridized carbons (Fsp3) is 0.438. The van der Waals surface area contributed by atoms with Gasteiger partial charge in [0.2, 0.25) is 0 Å². The number of halogens is 1. The van der Waals surface area contributed by atoms with Crippen LogP contribution in [-0.2, 0) is 9.53 Å². The van der Waals surface area contributed by atoms with E-state index in [4.69, 9.17) is 21.4 Å². The van der Waals surface area contributed by atoms with Crippen molar-refractivity contribution >= 4 is 23.2 Å². The van der Waals surface area contributed by atoms with Crippen molar-refractivity contribution in [3.8, 4) is 11.8 Å². The summed E-state index contributed by atoms with van der Waals surface area (Å²) in [4.78, 5) is 12.3. The van der Waals surface area contributed by atoms with Crippen molar-refractivity contribution < 1.29 is 14.6 Å². The minimum absolute atomic E-state index is 0.00963. The van der Waals surface area contributed by atoms with E-state index in [-0.39, 0.29) is 18.4 Å². The Bertz CT molecular complexity index is 577. The van der Waals surface area contributed by atoms with Crippen LogP contribution in [0.5, 0.6) is 0 Å². The van der Waals surface area contributed by atoms with Gasteiger partial charge in [-0.25, -0.2) is 0 Å². The summed E-state index contributed by atoms with van der Waals surface area (Å²) >= 11 is 5.98. The van der Waals surface area contributed by atoms with Crippen molar-refractivity contribution in [2.75, 3.05) is 18.5 Å². The number of amides is 1. The van der Waals surface area contributed by atoms with E-state index < -0.39 is 6.10 Å². The number of aliphatic hydroxyl groups excluding tert-OH is 1. The number of aliphatic hydroxyl groups is 1. The van der Waals surface area contributed by atoms with Gasteiger partial charge in [-0.15, -0.1) is 0 Å². The lowest BCUT2D eigenvalue weighted by atomic mass is 10.0. The molecule has 4 nitrogen and oxygen atoms in total. The van der Waals surface area contributed by atoms with Gasteiger partial charge in [0.25, 0.3) is 5.91 Å². The number of carbonyl (C=O) groups is 1. The van der Waals surface area contributed by atoms with Crippen LogP contribution in [0.4, 0.5) is 5.69 Å². The van der Waals surface area contributed by atoms with Crippen LogP contribution in [0, 0.1) is 17.8 Å². The van der Waals surface area contributed by atoms with E-state index in [1.807, 2.05) is 6.92 Å². The van der Waals surface area contributed by atoms with E-state index in [1.54, 1.807) is 18.2 Å². The highest BCUT2D eigenvalue weighted by Gasteiger charge is 2.31. The Balaban J connectivity index is 2.16. The maximum atomic E-state index is 12.3. The van der Waals surface area contributed by atoms with Crippen LogP contribution < -0.4 is 5.32 Å². The topological polar surface area (TPSA) is 58.6 Å². The molecule has 0 aromatic heterocycles. The lowest BCUT2D eigenvalue weighted by molar-refractivity contribution is -0.126. The predicted molar refractivity (Wildman–Crippen MR) is 82.2 cm³/mol. The van der Waals surface area contributed by atoms with E-state index in [1.165, 1.54) is 0 Å². The van der Waals surface area contributed by atoms with Crippen LogP contribution in [0.2, 0.25) is 5.02 Å². The van der Waals surface area contributed by atoms with Gasteiger partial charge in [-0.05, 0) is 30.5 Å². The summed E-state index contributed by atoms with van der Waals surface area (Å²) in [5.41, 5.74) is 1.24. The summed E-state index contributed by atoms with van der Waals surface area (Å²) in [6.07, 6.45) is 0.845. The van der Waals surface area contributed by atoms with Crippen molar-refractivity contribution in [2.45, 2.75) is 25.9 Å². The van der Waals surface area contributed by atoms with E-state index in [9.17, 15) is 4.79 Å². The molecular weight excluding hydrogens is 290 g/mol. The summed E-state index contributed by atoms with van der Waals surface area (Å²) in [5, 5.41) is 12.1. The Kier molecular flexibility index (Phi) is 5.63. The van der Waals surface area contributed by atoms with Crippen molar-refractivity contribution in [2.24, 2.45) is 5.92 Å². The lowest BCUT2D eigenvalue weighted by Crippen LogP contribution is -2.31. The van der Waals surface area contributed by atoms with E-state index >= 15 is 0 Å². The average molecular weight is 308 g/mol. The second kappa shape index (κ2) is 7.46. The number of carbonyl (C=O) groups excluding carboxylic acids is 1. The molecule has 0 aliphatic carbocycles. The first-order valence-electron chi connectivity index (χ1n) is 6.93. The summed E-state index contributed by atoms with van der Waals surface area (Å²) < 4.78 is 5.45. The molecule has 2 atom stereocenters. The molecule has 1 fully saturated rings. The number of hydrogen-bond donors (Lipinski definition) is 2. The van der Waals surface area contributed by atoms with E-state index in [0.29, 0.717) is 29.3 Å². The van der Waals surface area contributed by atoms with Crippen molar-refractivity contribution in [1.29, 1.82) is 0 Å². The van der Waals surface area contributed by atoms with Gasteiger partial charge < -0.3 is 15.2 Å².